The Balaban J connectivity index is 1.67. The van der Waals surface area contributed by atoms with E-state index in [-0.39, 0.29) is 21.7 Å². The zero-order valence-electron chi connectivity index (χ0n) is 17.0. The molecule has 0 spiro atoms. The monoisotopic (exact) mass is 462 g/mol. The number of nitrogens with zero attached hydrogens (tertiary/aromatic N) is 2. The molecule has 1 aromatic heterocycles. The van der Waals surface area contributed by atoms with Crippen molar-refractivity contribution in [3.05, 3.63) is 102 Å². The lowest BCUT2D eigenvalue weighted by Gasteiger charge is -2.10. The first-order chi connectivity index (χ1) is 15.9. The highest BCUT2D eigenvalue weighted by molar-refractivity contribution is 7.90. The molecule has 33 heavy (non-hydrogen) atoms. The van der Waals surface area contributed by atoms with Crippen LogP contribution in [0.3, 0.4) is 0 Å². The molecule has 3 N–H and O–H groups in total. The van der Waals surface area contributed by atoms with Crippen molar-refractivity contribution in [3.63, 3.8) is 0 Å². The summed E-state index contributed by atoms with van der Waals surface area (Å²) in [6.45, 7) is 0. The van der Waals surface area contributed by atoms with Crippen LogP contribution in [0.5, 0.6) is 0 Å². The number of amides is 2. The Labute approximate surface area is 189 Å². The third-order valence-corrected chi connectivity index (χ3v) is 6.58. The number of benzene rings is 3. The number of aromatic nitrogens is 1. The molecule has 0 radical (unpaired) electrons. The van der Waals surface area contributed by atoms with Crippen LogP contribution in [0.15, 0.2) is 94.9 Å². The van der Waals surface area contributed by atoms with E-state index < -0.39 is 21.8 Å². The molecule has 4 rings (SSSR count). The summed E-state index contributed by atoms with van der Waals surface area (Å²) >= 11 is 0. The summed E-state index contributed by atoms with van der Waals surface area (Å²) in [5.41, 5.74) is 4.75. The SMILES string of the molecule is O=C(NO)c1cccc(C(=O)N/N=C/c2cc3ccccc3n2S(=O)(=O)c2ccccc2)c1. The van der Waals surface area contributed by atoms with Crippen molar-refractivity contribution in [2.75, 3.05) is 0 Å². The number of hydrogen-bond donors (Lipinski definition) is 3. The van der Waals surface area contributed by atoms with Crippen molar-refractivity contribution in [2.24, 2.45) is 5.10 Å². The Kier molecular flexibility index (Phi) is 6.03. The Hall–Kier alpha value is -4.28. The fraction of sp³-hybridized carbons (Fsp3) is 0. The number of carbonyl (C=O) groups excluding carboxylic acids is 2. The number of carbonyl (C=O) groups is 2. The number of fused-ring (bicyclic) bond motifs is 1. The summed E-state index contributed by atoms with van der Waals surface area (Å²) in [6, 6.07) is 22.3. The molecule has 166 valence electrons. The normalized spacial score (nSPS) is 11.5. The number of nitrogens with one attached hydrogen (secondary N) is 2. The molecule has 0 atom stereocenters. The second-order valence-electron chi connectivity index (χ2n) is 6.93. The van der Waals surface area contributed by atoms with Crippen LogP contribution in [0.2, 0.25) is 0 Å². The lowest BCUT2D eigenvalue weighted by Crippen LogP contribution is -2.21. The molecule has 0 bridgehead atoms. The van der Waals surface area contributed by atoms with Crippen LogP contribution < -0.4 is 10.9 Å². The summed E-state index contributed by atoms with van der Waals surface area (Å²) in [5, 5.41) is 13.3. The van der Waals surface area contributed by atoms with E-state index in [0.29, 0.717) is 10.9 Å². The van der Waals surface area contributed by atoms with Crippen LogP contribution in [0.1, 0.15) is 26.4 Å². The van der Waals surface area contributed by atoms with Gasteiger partial charge in [-0.15, -0.1) is 0 Å². The van der Waals surface area contributed by atoms with E-state index in [2.05, 4.69) is 10.5 Å². The molecule has 0 aliphatic heterocycles. The minimum atomic E-state index is -3.93. The van der Waals surface area contributed by atoms with Gasteiger partial charge in [0.15, 0.2) is 0 Å². The minimum Gasteiger partial charge on any atom is -0.288 e. The van der Waals surface area contributed by atoms with E-state index in [9.17, 15) is 18.0 Å². The molecular weight excluding hydrogens is 444 g/mol. The van der Waals surface area contributed by atoms with Crippen molar-refractivity contribution >= 4 is 39.0 Å². The molecule has 0 fully saturated rings. The van der Waals surface area contributed by atoms with Gasteiger partial charge in [0.2, 0.25) is 0 Å². The maximum absolute atomic E-state index is 13.3. The average Bonchev–Trinajstić information content (AvgIpc) is 3.23. The summed E-state index contributed by atoms with van der Waals surface area (Å²) < 4.78 is 27.8. The smallest absolute Gasteiger partial charge is 0.274 e. The Morgan fingerprint density at radius 2 is 1.52 bits per heavy atom. The number of hydroxylamine groups is 1. The number of hydrogen-bond acceptors (Lipinski definition) is 6. The van der Waals surface area contributed by atoms with E-state index in [1.807, 2.05) is 0 Å². The van der Waals surface area contributed by atoms with Gasteiger partial charge < -0.3 is 0 Å². The highest BCUT2D eigenvalue weighted by atomic mass is 32.2. The second kappa shape index (κ2) is 9.07. The van der Waals surface area contributed by atoms with Gasteiger partial charge in [-0.2, -0.15) is 5.10 Å². The van der Waals surface area contributed by atoms with E-state index in [4.69, 9.17) is 5.21 Å². The summed E-state index contributed by atoms with van der Waals surface area (Å²) in [4.78, 5) is 24.1. The van der Waals surface area contributed by atoms with E-state index >= 15 is 0 Å². The Bertz CT molecular complexity index is 1480. The molecule has 10 heteroatoms. The molecule has 0 unspecified atom stereocenters. The van der Waals surface area contributed by atoms with Crippen LogP contribution in [-0.4, -0.2) is 35.6 Å². The van der Waals surface area contributed by atoms with Crippen LogP contribution >= 0.6 is 0 Å². The van der Waals surface area contributed by atoms with Crippen molar-refractivity contribution in [3.8, 4) is 0 Å². The van der Waals surface area contributed by atoms with Gasteiger partial charge in [-0.3, -0.25) is 14.8 Å². The molecule has 0 saturated carbocycles. The summed E-state index contributed by atoms with van der Waals surface area (Å²) in [7, 11) is -3.93. The third-order valence-electron chi connectivity index (χ3n) is 4.83. The van der Waals surface area contributed by atoms with Crippen molar-refractivity contribution < 1.29 is 23.2 Å². The van der Waals surface area contributed by atoms with Crippen LogP contribution in [0, 0.1) is 0 Å². The Morgan fingerprint density at radius 3 is 2.24 bits per heavy atom. The van der Waals surface area contributed by atoms with Gasteiger partial charge in [0.05, 0.1) is 22.3 Å². The van der Waals surface area contributed by atoms with Crippen molar-refractivity contribution in [1.82, 2.24) is 14.9 Å². The number of para-hydroxylation sites is 1. The molecule has 2 amide bonds. The lowest BCUT2D eigenvalue weighted by molar-refractivity contribution is 0.0706. The first kappa shape index (κ1) is 21.9. The van der Waals surface area contributed by atoms with E-state index in [0.717, 1.165) is 0 Å². The van der Waals surface area contributed by atoms with Crippen LogP contribution in [-0.2, 0) is 10.0 Å². The highest BCUT2D eigenvalue weighted by Gasteiger charge is 2.22. The van der Waals surface area contributed by atoms with Crippen LogP contribution in [0.4, 0.5) is 0 Å². The molecular formula is C23H18N4O5S. The molecule has 3 aromatic carbocycles. The highest BCUT2D eigenvalue weighted by Crippen LogP contribution is 2.24. The molecule has 0 saturated heterocycles. The van der Waals surface area contributed by atoms with Gasteiger partial charge in [-0.05, 0) is 42.5 Å². The molecule has 9 nitrogen and oxygen atoms in total. The van der Waals surface area contributed by atoms with Crippen molar-refractivity contribution in [2.45, 2.75) is 4.90 Å². The summed E-state index contributed by atoms with van der Waals surface area (Å²) in [6.07, 6.45) is 1.24. The molecule has 4 aromatic rings. The average molecular weight is 462 g/mol. The van der Waals surface area contributed by atoms with E-state index in [1.54, 1.807) is 48.5 Å². The molecule has 0 aliphatic rings. The first-order valence-corrected chi connectivity index (χ1v) is 11.1. The maximum Gasteiger partial charge on any atom is 0.274 e. The fourth-order valence-electron chi connectivity index (χ4n) is 3.30. The largest absolute Gasteiger partial charge is 0.288 e. The van der Waals surface area contributed by atoms with Crippen LogP contribution in [0.25, 0.3) is 10.9 Å². The summed E-state index contributed by atoms with van der Waals surface area (Å²) in [5.74, 6) is -1.38. The lowest BCUT2D eigenvalue weighted by atomic mass is 10.1. The fourth-order valence-corrected chi connectivity index (χ4v) is 4.81. The quantitative estimate of drug-likeness (QED) is 0.230. The van der Waals surface area contributed by atoms with Gasteiger partial charge >= 0.3 is 0 Å². The number of rotatable bonds is 6. The zero-order valence-corrected chi connectivity index (χ0v) is 17.9. The van der Waals surface area contributed by atoms with Crippen molar-refractivity contribution in [1.29, 1.82) is 0 Å². The number of hydrazone groups is 1. The minimum absolute atomic E-state index is 0.0863. The van der Waals surface area contributed by atoms with Gasteiger partial charge in [0, 0.05) is 16.5 Å². The zero-order chi connectivity index (χ0) is 23.4. The first-order valence-electron chi connectivity index (χ1n) is 9.71. The van der Waals surface area contributed by atoms with Gasteiger partial charge in [-0.1, -0.05) is 42.5 Å². The molecule has 0 aliphatic carbocycles. The Morgan fingerprint density at radius 1 is 0.848 bits per heavy atom. The predicted octanol–water partition coefficient (Wildman–Crippen LogP) is 2.76. The topological polar surface area (TPSA) is 130 Å². The van der Waals surface area contributed by atoms with E-state index in [1.165, 1.54) is 52.1 Å². The second-order valence-corrected chi connectivity index (χ2v) is 8.72. The predicted molar refractivity (Wildman–Crippen MR) is 122 cm³/mol. The maximum atomic E-state index is 13.3. The van der Waals surface area contributed by atoms with Gasteiger partial charge in [0.25, 0.3) is 21.8 Å². The van der Waals surface area contributed by atoms with Gasteiger partial charge in [-0.25, -0.2) is 23.3 Å². The van der Waals surface area contributed by atoms with Gasteiger partial charge in [0.1, 0.15) is 0 Å². The third kappa shape index (κ3) is 4.38. The molecule has 1 heterocycles. The standard InChI is InChI=1S/C23H18N4O5S/c28-22(17-8-6-9-18(13-17)23(29)26-30)25-24-15-19-14-16-7-4-5-12-21(16)27(19)33(31,32)20-10-2-1-3-11-20/h1-15,30H,(H,25,28)(H,26,29)/b24-15+.